The normalized spacial score (nSPS) is 11.4. The third-order valence-corrected chi connectivity index (χ3v) is 4.36. The zero-order valence-corrected chi connectivity index (χ0v) is 15.1. The Hall–Kier alpha value is -3.54. The van der Waals surface area contributed by atoms with Crippen molar-refractivity contribution in [2.24, 2.45) is 0 Å². The highest BCUT2D eigenvalue weighted by atomic mass is 16.5. The van der Waals surface area contributed by atoms with Crippen LogP contribution in [-0.4, -0.2) is 29.6 Å². The number of rotatable bonds is 7. The zero-order chi connectivity index (χ0) is 19.4. The summed E-state index contributed by atoms with van der Waals surface area (Å²) in [7, 11) is 1.94. The third-order valence-electron chi connectivity index (χ3n) is 4.36. The van der Waals surface area contributed by atoms with Gasteiger partial charge in [0.2, 0.25) is 0 Å². The molecule has 2 aromatic carbocycles. The number of aromatic nitrogens is 1. The Balaban J connectivity index is 1.86. The van der Waals surface area contributed by atoms with Crippen LogP contribution in [0.1, 0.15) is 18.1 Å². The molecule has 3 rings (SSSR count). The fraction of sp³-hybridized carbons (Fsp3) is 0.143. The van der Waals surface area contributed by atoms with Gasteiger partial charge < -0.3 is 19.7 Å². The smallest absolute Gasteiger partial charge is 0.331 e. The number of aliphatic carboxylic acids is 1. The van der Waals surface area contributed by atoms with Crippen molar-refractivity contribution in [3.63, 3.8) is 0 Å². The number of anilines is 1. The Morgan fingerprint density at radius 3 is 2.78 bits per heavy atom. The van der Waals surface area contributed by atoms with Crippen molar-refractivity contribution in [2.75, 3.05) is 11.9 Å². The minimum Gasteiger partial charge on any atom is -0.478 e. The number of ether oxygens (including phenoxy) is 1. The summed E-state index contributed by atoms with van der Waals surface area (Å²) in [5, 5.41) is 10.2. The van der Waals surface area contributed by atoms with E-state index in [0.29, 0.717) is 24.3 Å². The predicted molar refractivity (Wildman–Crippen MR) is 105 cm³/mol. The number of carboxylic acids is 1. The van der Waals surface area contributed by atoms with Crippen LogP contribution in [0.5, 0.6) is 5.75 Å². The minimum absolute atomic E-state index is 0.159. The number of H-pyrrole nitrogens is 1. The first kappa shape index (κ1) is 18.3. The van der Waals surface area contributed by atoms with Gasteiger partial charge in [0.25, 0.3) is 6.47 Å². The topological polar surface area (TPSA) is 82.6 Å². The van der Waals surface area contributed by atoms with Gasteiger partial charge in [0.05, 0.1) is 0 Å². The van der Waals surface area contributed by atoms with Crippen LogP contribution in [0.15, 0.2) is 54.2 Å². The van der Waals surface area contributed by atoms with Crippen molar-refractivity contribution >= 4 is 35.1 Å². The fourth-order valence-electron chi connectivity index (χ4n) is 2.89. The van der Waals surface area contributed by atoms with Crippen LogP contribution in [0.3, 0.4) is 0 Å². The number of benzene rings is 2. The van der Waals surface area contributed by atoms with Gasteiger partial charge in [-0.15, -0.1) is 0 Å². The maximum absolute atomic E-state index is 11.0. The Kier molecular flexibility index (Phi) is 5.26. The molecule has 138 valence electrons. The lowest BCUT2D eigenvalue weighted by atomic mass is 10.1. The van der Waals surface area contributed by atoms with Crippen molar-refractivity contribution in [1.82, 2.24) is 4.98 Å². The van der Waals surface area contributed by atoms with Crippen LogP contribution >= 0.6 is 0 Å². The molecule has 3 aromatic rings. The number of carboxylic acid groups (broad SMARTS) is 1. The molecule has 0 aliphatic heterocycles. The van der Waals surface area contributed by atoms with Gasteiger partial charge in [0.1, 0.15) is 5.75 Å². The molecule has 0 saturated heterocycles. The van der Waals surface area contributed by atoms with E-state index < -0.39 is 5.97 Å². The van der Waals surface area contributed by atoms with Crippen molar-refractivity contribution in [3.05, 3.63) is 65.4 Å². The molecule has 1 aromatic heterocycles. The van der Waals surface area contributed by atoms with Crippen LogP contribution < -0.4 is 9.64 Å². The average molecular weight is 364 g/mol. The van der Waals surface area contributed by atoms with E-state index in [9.17, 15) is 9.59 Å². The molecule has 0 aliphatic rings. The molecule has 0 bridgehead atoms. The van der Waals surface area contributed by atoms with Crippen molar-refractivity contribution in [3.8, 4) is 5.75 Å². The summed E-state index contributed by atoms with van der Waals surface area (Å²) in [5.41, 5.74) is 3.78. The standard InChI is InChI=1S/C21H20N2O4/c1-14(21(25)26)9-17-4-5-18(11-20(17)27-13-24)23(2)12-15-3-6-19-16(10-15)7-8-22-19/h3-11,13,22H,12H2,1-2H3,(H,25,26)/b14-9+. The van der Waals surface area contributed by atoms with E-state index in [1.165, 1.54) is 13.0 Å². The van der Waals surface area contributed by atoms with E-state index in [0.717, 1.165) is 22.2 Å². The summed E-state index contributed by atoms with van der Waals surface area (Å²) in [6, 6.07) is 13.6. The summed E-state index contributed by atoms with van der Waals surface area (Å²) < 4.78 is 5.06. The molecule has 27 heavy (non-hydrogen) atoms. The summed E-state index contributed by atoms with van der Waals surface area (Å²) in [6.45, 7) is 2.50. The molecule has 0 unspecified atom stereocenters. The molecule has 2 N–H and O–H groups in total. The van der Waals surface area contributed by atoms with Gasteiger partial charge in [-0.1, -0.05) is 6.07 Å². The largest absolute Gasteiger partial charge is 0.478 e. The number of hydrogen-bond acceptors (Lipinski definition) is 4. The maximum atomic E-state index is 11.0. The zero-order valence-electron chi connectivity index (χ0n) is 15.1. The first-order valence-electron chi connectivity index (χ1n) is 8.41. The van der Waals surface area contributed by atoms with E-state index >= 15 is 0 Å². The van der Waals surface area contributed by atoms with Crippen molar-refractivity contribution in [2.45, 2.75) is 13.5 Å². The molecule has 0 spiro atoms. The molecule has 0 saturated carbocycles. The number of nitrogens with one attached hydrogen (secondary N) is 1. The molecule has 6 heteroatoms. The maximum Gasteiger partial charge on any atom is 0.331 e. The summed E-state index contributed by atoms with van der Waals surface area (Å²) in [4.78, 5) is 27.1. The number of fused-ring (bicyclic) bond motifs is 1. The van der Waals surface area contributed by atoms with Gasteiger partial charge in [-0.25, -0.2) is 4.79 Å². The van der Waals surface area contributed by atoms with Gasteiger partial charge in [0.15, 0.2) is 0 Å². The van der Waals surface area contributed by atoms with Gasteiger partial charge in [-0.2, -0.15) is 0 Å². The number of nitrogens with zero attached hydrogens (tertiary/aromatic N) is 1. The highest BCUT2D eigenvalue weighted by molar-refractivity contribution is 5.92. The highest BCUT2D eigenvalue weighted by Crippen LogP contribution is 2.28. The van der Waals surface area contributed by atoms with Crippen LogP contribution in [0.2, 0.25) is 0 Å². The monoisotopic (exact) mass is 364 g/mol. The van der Waals surface area contributed by atoms with Gasteiger partial charge >= 0.3 is 5.97 Å². The summed E-state index contributed by atoms with van der Waals surface area (Å²) in [5.74, 6) is -0.704. The number of carbonyl (C=O) groups excluding carboxylic acids is 1. The van der Waals surface area contributed by atoms with Gasteiger partial charge in [-0.05, 0) is 54.3 Å². The van der Waals surface area contributed by atoms with Crippen LogP contribution in [0.25, 0.3) is 17.0 Å². The molecule has 0 amide bonds. The molecular weight excluding hydrogens is 344 g/mol. The lowest BCUT2D eigenvalue weighted by molar-refractivity contribution is -0.132. The van der Waals surface area contributed by atoms with Crippen LogP contribution in [0, 0.1) is 0 Å². The van der Waals surface area contributed by atoms with E-state index in [1.807, 2.05) is 36.3 Å². The number of aromatic amines is 1. The lowest BCUT2D eigenvalue weighted by Gasteiger charge is -2.20. The Labute approximate surface area is 156 Å². The second kappa shape index (κ2) is 7.78. The van der Waals surface area contributed by atoms with Crippen molar-refractivity contribution in [1.29, 1.82) is 0 Å². The lowest BCUT2D eigenvalue weighted by Crippen LogP contribution is -2.16. The van der Waals surface area contributed by atoms with Crippen LogP contribution in [0.4, 0.5) is 5.69 Å². The molecule has 1 heterocycles. The Morgan fingerprint density at radius 2 is 2.04 bits per heavy atom. The van der Waals surface area contributed by atoms with E-state index in [2.05, 4.69) is 17.1 Å². The van der Waals surface area contributed by atoms with E-state index in [1.54, 1.807) is 12.1 Å². The molecule has 0 fully saturated rings. The van der Waals surface area contributed by atoms with Gasteiger partial charge in [-0.3, -0.25) is 4.79 Å². The minimum atomic E-state index is -1.02. The number of carbonyl (C=O) groups is 2. The SMILES string of the molecule is C/C(=C\c1ccc(N(C)Cc2ccc3[nH]ccc3c2)cc1OC=O)C(=O)O. The second-order valence-electron chi connectivity index (χ2n) is 6.32. The fourth-order valence-corrected chi connectivity index (χ4v) is 2.89. The Morgan fingerprint density at radius 1 is 1.22 bits per heavy atom. The van der Waals surface area contributed by atoms with Gasteiger partial charge in [0, 0.05) is 48.2 Å². The van der Waals surface area contributed by atoms with Crippen molar-refractivity contribution < 1.29 is 19.4 Å². The van der Waals surface area contributed by atoms with E-state index in [4.69, 9.17) is 9.84 Å². The Bertz CT molecular complexity index is 1020. The summed E-state index contributed by atoms with van der Waals surface area (Å²) in [6.07, 6.45) is 3.39. The average Bonchev–Trinajstić information content (AvgIpc) is 3.11. The molecule has 0 atom stereocenters. The first-order valence-corrected chi connectivity index (χ1v) is 8.41. The predicted octanol–water partition coefficient (Wildman–Crippen LogP) is 3.83. The van der Waals surface area contributed by atoms with Crippen LogP contribution in [-0.2, 0) is 16.1 Å². The summed E-state index contributed by atoms with van der Waals surface area (Å²) >= 11 is 0. The second-order valence-corrected chi connectivity index (χ2v) is 6.32. The molecule has 6 nitrogen and oxygen atoms in total. The quantitative estimate of drug-likeness (QED) is 0.492. The number of hydrogen-bond donors (Lipinski definition) is 2. The van der Waals surface area contributed by atoms with E-state index in [-0.39, 0.29) is 5.57 Å². The highest BCUT2D eigenvalue weighted by Gasteiger charge is 2.10. The molecule has 0 radical (unpaired) electrons. The molecular formula is C21H20N2O4. The molecule has 0 aliphatic carbocycles. The third kappa shape index (κ3) is 4.17. The first-order chi connectivity index (χ1) is 13.0.